The molecular weight excluding hydrogens is 372 g/mol. The van der Waals surface area contributed by atoms with Crippen LogP contribution in [-0.4, -0.2) is 47.9 Å². The highest BCUT2D eigenvalue weighted by molar-refractivity contribution is 7.20. The van der Waals surface area contributed by atoms with Gasteiger partial charge in [0.1, 0.15) is 12.4 Å². The van der Waals surface area contributed by atoms with Gasteiger partial charge in [-0.25, -0.2) is 4.79 Å². The zero-order valence-corrected chi connectivity index (χ0v) is 16.4. The quantitative estimate of drug-likeness (QED) is 0.741. The molecule has 0 aliphatic carbocycles. The number of nitrogens with zero attached hydrogens (tertiary/aromatic N) is 3. The van der Waals surface area contributed by atoms with Crippen molar-refractivity contribution in [1.82, 2.24) is 15.1 Å². The summed E-state index contributed by atoms with van der Waals surface area (Å²) in [4.78, 5) is 15.8. The number of carbonyl (C=O) groups excluding carboxylic acids is 1. The van der Waals surface area contributed by atoms with Crippen LogP contribution in [0.1, 0.15) is 30.9 Å². The van der Waals surface area contributed by atoms with Crippen molar-refractivity contribution in [3.63, 3.8) is 0 Å². The van der Waals surface area contributed by atoms with Crippen LogP contribution in [0, 0.1) is 0 Å². The van der Waals surface area contributed by atoms with Gasteiger partial charge in [-0.05, 0) is 31.4 Å². The van der Waals surface area contributed by atoms with E-state index in [1.54, 1.807) is 11.0 Å². The Bertz CT molecular complexity index is 760. The molecule has 1 aliphatic heterocycles. The second-order valence-electron chi connectivity index (χ2n) is 6.30. The van der Waals surface area contributed by atoms with E-state index in [2.05, 4.69) is 22.8 Å². The summed E-state index contributed by atoms with van der Waals surface area (Å²) in [5.74, 6) is 1.27. The van der Waals surface area contributed by atoms with Gasteiger partial charge in [0.2, 0.25) is 0 Å². The fourth-order valence-electron chi connectivity index (χ4n) is 3.11. The van der Waals surface area contributed by atoms with Crippen molar-refractivity contribution in [3.8, 4) is 0 Å². The average molecular weight is 395 g/mol. The van der Waals surface area contributed by atoms with E-state index in [1.807, 2.05) is 24.1 Å². The smallest absolute Gasteiger partial charge is 0.410 e. The minimum absolute atomic E-state index is 0.251. The molecule has 8 heteroatoms. The first-order valence-electron chi connectivity index (χ1n) is 8.65. The molecule has 0 radical (unpaired) electrons. The molecule has 0 saturated carbocycles. The number of H-pyrrole nitrogens is 1. The van der Waals surface area contributed by atoms with Crippen LogP contribution >= 0.6 is 22.9 Å². The van der Waals surface area contributed by atoms with E-state index in [-0.39, 0.29) is 12.7 Å². The molecular formula is C18H23ClN4O2S. The maximum Gasteiger partial charge on any atom is 0.410 e. The van der Waals surface area contributed by atoms with Crippen LogP contribution in [0.4, 0.5) is 15.6 Å². The standard InChI is InChI=1S/C18H23ClN4O2S/c1-3-11-25-18(24)23-9-4-5-13(8-10-23)14-12-16(21-20-14)22(2)17-7-6-15(19)26-17/h3,6-7,12-13H,1,4-5,8-11H2,2H3,(H,20,21). The van der Waals surface area contributed by atoms with Gasteiger partial charge in [-0.1, -0.05) is 24.3 Å². The predicted molar refractivity (Wildman–Crippen MR) is 106 cm³/mol. The fraction of sp³-hybridized carbons (Fsp3) is 0.444. The lowest BCUT2D eigenvalue weighted by atomic mass is 9.97. The number of nitrogens with one attached hydrogen (secondary N) is 1. The monoisotopic (exact) mass is 394 g/mol. The SMILES string of the molecule is C=CCOC(=O)N1CCCC(c2cc(N(C)c3ccc(Cl)s3)[nH]n2)CC1. The molecule has 1 fully saturated rings. The van der Waals surface area contributed by atoms with E-state index >= 15 is 0 Å². The summed E-state index contributed by atoms with van der Waals surface area (Å²) >= 11 is 7.55. The van der Waals surface area contributed by atoms with Gasteiger partial charge in [0.05, 0.1) is 15.0 Å². The van der Waals surface area contributed by atoms with Crippen LogP contribution in [0.15, 0.2) is 30.9 Å². The summed E-state index contributed by atoms with van der Waals surface area (Å²) in [7, 11) is 1.99. The number of anilines is 2. The van der Waals surface area contributed by atoms with Gasteiger partial charge >= 0.3 is 6.09 Å². The molecule has 1 amide bonds. The molecule has 2 aromatic heterocycles. The molecule has 1 aliphatic rings. The van der Waals surface area contributed by atoms with Gasteiger partial charge in [0, 0.05) is 32.1 Å². The van der Waals surface area contributed by atoms with Crippen LogP contribution in [0.2, 0.25) is 4.34 Å². The summed E-state index contributed by atoms with van der Waals surface area (Å²) < 4.78 is 5.91. The van der Waals surface area contributed by atoms with Crippen molar-refractivity contribution >= 4 is 39.8 Å². The van der Waals surface area contributed by atoms with Crippen molar-refractivity contribution in [1.29, 1.82) is 0 Å². The normalized spacial score (nSPS) is 17.6. The van der Waals surface area contributed by atoms with E-state index < -0.39 is 0 Å². The zero-order chi connectivity index (χ0) is 18.5. The molecule has 26 heavy (non-hydrogen) atoms. The highest BCUT2D eigenvalue weighted by Gasteiger charge is 2.24. The third-order valence-electron chi connectivity index (χ3n) is 4.56. The van der Waals surface area contributed by atoms with E-state index in [4.69, 9.17) is 16.3 Å². The van der Waals surface area contributed by atoms with Crippen molar-refractivity contribution in [2.75, 3.05) is 31.6 Å². The molecule has 2 aromatic rings. The Labute approximate surface area is 162 Å². The lowest BCUT2D eigenvalue weighted by Crippen LogP contribution is -2.32. The van der Waals surface area contributed by atoms with Crippen LogP contribution in [0.3, 0.4) is 0 Å². The number of thiophene rings is 1. The number of ether oxygens (including phenoxy) is 1. The van der Waals surface area contributed by atoms with Crippen LogP contribution < -0.4 is 4.90 Å². The number of halogens is 1. The molecule has 1 unspecified atom stereocenters. The molecule has 1 saturated heterocycles. The summed E-state index contributed by atoms with van der Waals surface area (Å²) in [6.07, 6.45) is 4.14. The predicted octanol–water partition coefficient (Wildman–Crippen LogP) is 4.78. The van der Waals surface area contributed by atoms with Crippen molar-refractivity contribution in [3.05, 3.63) is 40.9 Å². The highest BCUT2D eigenvalue weighted by Crippen LogP contribution is 2.34. The second kappa shape index (κ2) is 8.60. The summed E-state index contributed by atoms with van der Waals surface area (Å²) in [5.41, 5.74) is 1.04. The van der Waals surface area contributed by atoms with E-state index in [0.29, 0.717) is 12.5 Å². The van der Waals surface area contributed by atoms with E-state index in [0.717, 1.165) is 46.7 Å². The highest BCUT2D eigenvalue weighted by atomic mass is 35.5. The lowest BCUT2D eigenvalue weighted by Gasteiger charge is -2.19. The molecule has 140 valence electrons. The molecule has 6 nitrogen and oxygen atoms in total. The van der Waals surface area contributed by atoms with E-state index in [9.17, 15) is 4.79 Å². The van der Waals surface area contributed by atoms with Gasteiger partial charge < -0.3 is 14.5 Å². The van der Waals surface area contributed by atoms with Crippen LogP contribution in [0.5, 0.6) is 0 Å². The van der Waals surface area contributed by atoms with Gasteiger partial charge in [-0.3, -0.25) is 5.10 Å². The Balaban J connectivity index is 1.62. The number of amides is 1. The minimum Gasteiger partial charge on any atom is -0.445 e. The Morgan fingerprint density at radius 1 is 1.54 bits per heavy atom. The Kier molecular flexibility index (Phi) is 6.21. The molecule has 0 bridgehead atoms. The first-order chi connectivity index (χ1) is 12.6. The number of rotatable bonds is 5. The largest absolute Gasteiger partial charge is 0.445 e. The van der Waals surface area contributed by atoms with Crippen LogP contribution in [0.25, 0.3) is 0 Å². The fourth-order valence-corrected chi connectivity index (χ4v) is 4.11. The topological polar surface area (TPSA) is 61.5 Å². The van der Waals surface area contributed by atoms with Gasteiger partial charge in [-0.15, -0.1) is 11.3 Å². The second-order valence-corrected chi connectivity index (χ2v) is 7.99. The van der Waals surface area contributed by atoms with Crippen LogP contribution in [-0.2, 0) is 4.74 Å². The number of aromatic nitrogens is 2. The van der Waals surface area contributed by atoms with Gasteiger partial charge in [0.25, 0.3) is 0 Å². The molecule has 1 atom stereocenters. The number of aromatic amines is 1. The Morgan fingerprint density at radius 3 is 3.12 bits per heavy atom. The number of hydrogen-bond acceptors (Lipinski definition) is 5. The first-order valence-corrected chi connectivity index (χ1v) is 9.85. The molecule has 1 N–H and O–H groups in total. The van der Waals surface area contributed by atoms with E-state index in [1.165, 1.54) is 11.3 Å². The third-order valence-corrected chi connectivity index (χ3v) is 5.87. The summed E-state index contributed by atoms with van der Waals surface area (Å²) in [6.45, 7) is 5.22. The Hall–Kier alpha value is -1.99. The average Bonchev–Trinajstić information content (AvgIpc) is 3.23. The van der Waals surface area contributed by atoms with Crippen molar-refractivity contribution in [2.45, 2.75) is 25.2 Å². The molecule has 3 rings (SSSR count). The maximum absolute atomic E-state index is 12.0. The molecule has 0 aromatic carbocycles. The minimum atomic E-state index is -0.262. The zero-order valence-electron chi connectivity index (χ0n) is 14.8. The maximum atomic E-state index is 12.0. The first kappa shape index (κ1) is 18.8. The summed E-state index contributed by atoms with van der Waals surface area (Å²) in [6, 6.07) is 5.97. The van der Waals surface area contributed by atoms with Crippen molar-refractivity contribution < 1.29 is 9.53 Å². The van der Waals surface area contributed by atoms with Crippen molar-refractivity contribution in [2.24, 2.45) is 0 Å². The number of hydrogen-bond donors (Lipinski definition) is 1. The number of likely N-dealkylation sites (tertiary alicyclic amines) is 1. The van der Waals surface area contributed by atoms with Gasteiger partial charge in [-0.2, -0.15) is 5.10 Å². The number of carbonyl (C=O) groups is 1. The molecule has 0 spiro atoms. The van der Waals surface area contributed by atoms with Gasteiger partial charge in [0.15, 0.2) is 0 Å². The Morgan fingerprint density at radius 2 is 2.38 bits per heavy atom. The lowest BCUT2D eigenvalue weighted by molar-refractivity contribution is 0.113. The third kappa shape index (κ3) is 4.40. The molecule has 3 heterocycles. The summed E-state index contributed by atoms with van der Waals surface area (Å²) in [5, 5.41) is 8.69.